The highest BCUT2D eigenvalue weighted by molar-refractivity contribution is 8.18. The van der Waals surface area contributed by atoms with Gasteiger partial charge in [-0.05, 0) is 65.4 Å². The standard InChI is InChI=1S/C24H19N3O5S/c1-31-21-13-17(9-12-20(21)32-15-16-7-10-19(11-8-16)27(29)30)14-22-23(28)26-24(33-22)25-18-5-3-2-4-6-18/h2-14H,15H2,1H3,(H,25,26,28)/b22-14+. The summed E-state index contributed by atoms with van der Waals surface area (Å²) in [4.78, 5) is 27.6. The number of nitro groups is 1. The van der Waals surface area contributed by atoms with Gasteiger partial charge in [-0.2, -0.15) is 0 Å². The summed E-state index contributed by atoms with van der Waals surface area (Å²) in [6, 6.07) is 20.9. The maximum absolute atomic E-state index is 12.3. The van der Waals surface area contributed by atoms with Crippen molar-refractivity contribution in [2.75, 3.05) is 7.11 Å². The van der Waals surface area contributed by atoms with E-state index in [1.54, 1.807) is 30.3 Å². The normalized spacial score (nSPS) is 15.5. The van der Waals surface area contributed by atoms with Crippen LogP contribution >= 0.6 is 11.8 Å². The molecule has 3 aromatic carbocycles. The Morgan fingerprint density at radius 1 is 1.06 bits per heavy atom. The molecular weight excluding hydrogens is 442 g/mol. The molecule has 9 heteroatoms. The van der Waals surface area contributed by atoms with Gasteiger partial charge in [0.2, 0.25) is 0 Å². The molecule has 1 aliphatic rings. The fourth-order valence-corrected chi connectivity index (χ4v) is 3.86. The van der Waals surface area contributed by atoms with Crippen molar-refractivity contribution in [3.63, 3.8) is 0 Å². The number of thioether (sulfide) groups is 1. The second-order valence-corrected chi connectivity index (χ2v) is 7.97. The number of amides is 1. The minimum absolute atomic E-state index is 0.0273. The molecule has 33 heavy (non-hydrogen) atoms. The van der Waals surface area contributed by atoms with E-state index < -0.39 is 4.92 Å². The summed E-state index contributed by atoms with van der Waals surface area (Å²) in [6.45, 7) is 0.229. The van der Waals surface area contributed by atoms with Crippen molar-refractivity contribution in [3.05, 3.63) is 98.9 Å². The number of nitrogens with one attached hydrogen (secondary N) is 1. The minimum atomic E-state index is -0.444. The number of rotatable bonds is 7. The summed E-state index contributed by atoms with van der Waals surface area (Å²) < 4.78 is 11.3. The number of hydrogen-bond donors (Lipinski definition) is 1. The Labute approximate surface area is 194 Å². The van der Waals surface area contributed by atoms with Gasteiger partial charge in [0.15, 0.2) is 16.7 Å². The lowest BCUT2D eigenvalue weighted by Gasteiger charge is -2.11. The van der Waals surface area contributed by atoms with E-state index in [1.165, 1.54) is 31.0 Å². The fourth-order valence-electron chi connectivity index (χ4n) is 3.02. The smallest absolute Gasteiger partial charge is 0.269 e. The number of nitro benzene ring substituents is 1. The average Bonchev–Trinajstić information content (AvgIpc) is 3.17. The lowest BCUT2D eigenvalue weighted by atomic mass is 10.2. The van der Waals surface area contributed by atoms with Crippen molar-refractivity contribution in [1.82, 2.24) is 5.32 Å². The van der Waals surface area contributed by atoms with Gasteiger partial charge in [-0.25, -0.2) is 4.99 Å². The second kappa shape index (κ2) is 10.0. The molecule has 0 bridgehead atoms. The number of hydrogen-bond acceptors (Lipinski definition) is 7. The molecule has 166 valence electrons. The first-order valence-electron chi connectivity index (χ1n) is 9.90. The van der Waals surface area contributed by atoms with E-state index >= 15 is 0 Å². The Balaban J connectivity index is 1.46. The van der Waals surface area contributed by atoms with E-state index in [1.807, 2.05) is 36.4 Å². The van der Waals surface area contributed by atoms with Crippen molar-refractivity contribution in [2.24, 2.45) is 4.99 Å². The molecule has 4 rings (SSSR count). The quantitative estimate of drug-likeness (QED) is 0.299. The summed E-state index contributed by atoms with van der Waals surface area (Å²) in [6.07, 6.45) is 1.76. The first kappa shape index (κ1) is 22.1. The molecule has 0 unspecified atom stereocenters. The molecule has 0 aromatic heterocycles. The van der Waals surface area contributed by atoms with Gasteiger partial charge in [-0.3, -0.25) is 14.9 Å². The van der Waals surface area contributed by atoms with Crippen LogP contribution in [0, 0.1) is 10.1 Å². The van der Waals surface area contributed by atoms with Crippen LogP contribution in [0.25, 0.3) is 6.08 Å². The van der Waals surface area contributed by atoms with Crippen molar-refractivity contribution in [1.29, 1.82) is 0 Å². The number of methoxy groups -OCH3 is 1. The van der Waals surface area contributed by atoms with Crippen molar-refractivity contribution in [2.45, 2.75) is 6.61 Å². The zero-order valence-corrected chi connectivity index (χ0v) is 18.4. The maximum atomic E-state index is 12.3. The molecular formula is C24H19N3O5S. The van der Waals surface area contributed by atoms with E-state index in [9.17, 15) is 14.9 Å². The predicted octanol–water partition coefficient (Wildman–Crippen LogP) is 5.07. The van der Waals surface area contributed by atoms with Crippen molar-refractivity contribution < 1.29 is 19.2 Å². The third-order valence-electron chi connectivity index (χ3n) is 4.66. The number of benzene rings is 3. The Hall–Kier alpha value is -4.11. The third kappa shape index (κ3) is 5.58. The number of para-hydroxylation sites is 1. The summed E-state index contributed by atoms with van der Waals surface area (Å²) >= 11 is 1.27. The van der Waals surface area contributed by atoms with Crippen LogP contribution < -0.4 is 14.8 Å². The number of nitrogens with zero attached hydrogens (tertiary/aromatic N) is 2. The number of non-ortho nitro benzene ring substituents is 1. The molecule has 0 aliphatic carbocycles. The van der Waals surface area contributed by atoms with Crippen LogP contribution in [-0.4, -0.2) is 23.1 Å². The molecule has 1 fully saturated rings. The number of amidine groups is 1. The van der Waals surface area contributed by atoms with E-state index in [0.29, 0.717) is 21.6 Å². The first-order valence-corrected chi connectivity index (χ1v) is 10.7. The molecule has 0 radical (unpaired) electrons. The zero-order valence-electron chi connectivity index (χ0n) is 17.6. The molecule has 1 N–H and O–H groups in total. The minimum Gasteiger partial charge on any atom is -0.493 e. The van der Waals surface area contributed by atoms with Gasteiger partial charge in [0, 0.05) is 12.1 Å². The molecule has 1 heterocycles. The molecule has 1 saturated heterocycles. The SMILES string of the molecule is COc1cc(/C=C2/SC(=Nc3ccccc3)NC2=O)ccc1OCc1ccc([N+](=O)[O-])cc1. The van der Waals surface area contributed by atoms with Crippen LogP contribution in [0.4, 0.5) is 11.4 Å². The molecule has 0 atom stereocenters. The Bertz CT molecular complexity index is 1240. The maximum Gasteiger partial charge on any atom is 0.269 e. The van der Waals surface area contributed by atoms with Gasteiger partial charge >= 0.3 is 0 Å². The van der Waals surface area contributed by atoms with E-state index in [-0.39, 0.29) is 18.2 Å². The molecule has 0 saturated carbocycles. The van der Waals surface area contributed by atoms with E-state index in [0.717, 1.165) is 16.8 Å². The van der Waals surface area contributed by atoms with Gasteiger partial charge in [-0.1, -0.05) is 24.3 Å². The number of aliphatic imine (C=N–C) groups is 1. The van der Waals surface area contributed by atoms with Crippen LogP contribution in [0.1, 0.15) is 11.1 Å². The van der Waals surface area contributed by atoms with Crippen LogP contribution in [0.15, 0.2) is 82.7 Å². The van der Waals surface area contributed by atoms with Crippen molar-refractivity contribution >= 4 is 40.3 Å². The average molecular weight is 461 g/mol. The van der Waals surface area contributed by atoms with Gasteiger partial charge < -0.3 is 14.8 Å². The van der Waals surface area contributed by atoms with Gasteiger partial charge in [-0.15, -0.1) is 0 Å². The lowest BCUT2D eigenvalue weighted by Crippen LogP contribution is -2.19. The van der Waals surface area contributed by atoms with E-state index in [2.05, 4.69) is 10.3 Å². The van der Waals surface area contributed by atoms with Crippen LogP contribution in [0.3, 0.4) is 0 Å². The Kier molecular flexibility index (Phi) is 6.70. The Morgan fingerprint density at radius 2 is 1.82 bits per heavy atom. The highest BCUT2D eigenvalue weighted by atomic mass is 32.2. The van der Waals surface area contributed by atoms with E-state index in [4.69, 9.17) is 9.47 Å². The largest absolute Gasteiger partial charge is 0.493 e. The number of carbonyl (C=O) groups is 1. The number of ether oxygens (including phenoxy) is 2. The number of carbonyl (C=O) groups excluding carboxylic acids is 1. The summed E-state index contributed by atoms with van der Waals surface area (Å²) in [5.41, 5.74) is 2.35. The summed E-state index contributed by atoms with van der Waals surface area (Å²) in [7, 11) is 1.53. The predicted molar refractivity (Wildman–Crippen MR) is 128 cm³/mol. The van der Waals surface area contributed by atoms with Crippen LogP contribution in [-0.2, 0) is 11.4 Å². The third-order valence-corrected chi connectivity index (χ3v) is 5.57. The second-order valence-electron chi connectivity index (χ2n) is 6.94. The molecule has 0 spiro atoms. The fraction of sp³-hybridized carbons (Fsp3) is 0.0833. The van der Waals surface area contributed by atoms with Crippen LogP contribution in [0.2, 0.25) is 0 Å². The molecule has 1 aliphatic heterocycles. The van der Waals surface area contributed by atoms with Gasteiger partial charge in [0.25, 0.3) is 11.6 Å². The van der Waals surface area contributed by atoms with Crippen molar-refractivity contribution in [3.8, 4) is 11.5 Å². The molecule has 8 nitrogen and oxygen atoms in total. The highest BCUT2D eigenvalue weighted by Gasteiger charge is 2.24. The van der Waals surface area contributed by atoms with Crippen LogP contribution in [0.5, 0.6) is 11.5 Å². The Morgan fingerprint density at radius 3 is 2.52 bits per heavy atom. The summed E-state index contributed by atoms with van der Waals surface area (Å²) in [5, 5.41) is 14.1. The monoisotopic (exact) mass is 461 g/mol. The molecule has 3 aromatic rings. The summed E-state index contributed by atoms with van der Waals surface area (Å²) in [5.74, 6) is 0.813. The highest BCUT2D eigenvalue weighted by Crippen LogP contribution is 2.32. The molecule has 1 amide bonds. The lowest BCUT2D eigenvalue weighted by molar-refractivity contribution is -0.384. The topological polar surface area (TPSA) is 103 Å². The van der Waals surface area contributed by atoms with Gasteiger partial charge in [0.1, 0.15) is 6.61 Å². The first-order chi connectivity index (χ1) is 16.0. The van der Waals surface area contributed by atoms with Gasteiger partial charge in [0.05, 0.1) is 22.6 Å². The zero-order chi connectivity index (χ0) is 23.2.